The van der Waals surface area contributed by atoms with Crippen LogP contribution in [0.3, 0.4) is 0 Å². The van der Waals surface area contributed by atoms with Gasteiger partial charge < -0.3 is 10.1 Å². The molecule has 1 N–H and O–H groups in total. The lowest BCUT2D eigenvalue weighted by Crippen LogP contribution is -1.97. The molecule has 27 heavy (non-hydrogen) atoms. The second-order valence-electron chi connectivity index (χ2n) is 5.68. The topological polar surface area (TPSA) is 47.0 Å². The van der Waals surface area contributed by atoms with Crippen LogP contribution in [0.1, 0.15) is 39.8 Å². The summed E-state index contributed by atoms with van der Waals surface area (Å²) in [5.74, 6) is 1.44. The molecule has 1 aromatic carbocycles. The molecule has 2 heterocycles. The zero-order chi connectivity index (χ0) is 20.4. The van der Waals surface area contributed by atoms with Gasteiger partial charge in [0.1, 0.15) is 11.6 Å². The van der Waals surface area contributed by atoms with E-state index in [1.54, 1.807) is 7.11 Å². The Balaban J connectivity index is 0.000000665. The zero-order valence-electron chi connectivity index (χ0n) is 17.4. The van der Waals surface area contributed by atoms with Gasteiger partial charge in [0.15, 0.2) is 0 Å². The maximum Gasteiger partial charge on any atom is 0.138 e. The SMILES string of the molecule is CC.CCC.CNc1nc(-c2cccc(OC)c2Cl)cc2cnc(C)cc12. The van der Waals surface area contributed by atoms with Gasteiger partial charge in [-0.1, -0.05) is 57.8 Å². The molecular formula is C22H30ClN3O. The van der Waals surface area contributed by atoms with Gasteiger partial charge in [-0.2, -0.15) is 0 Å². The summed E-state index contributed by atoms with van der Waals surface area (Å²) in [6.07, 6.45) is 3.10. The molecule has 0 aliphatic heterocycles. The minimum Gasteiger partial charge on any atom is -0.495 e. The molecule has 0 saturated carbocycles. The van der Waals surface area contributed by atoms with E-state index >= 15 is 0 Å². The van der Waals surface area contributed by atoms with Gasteiger partial charge in [-0.3, -0.25) is 4.98 Å². The van der Waals surface area contributed by atoms with E-state index in [-0.39, 0.29) is 0 Å². The molecule has 4 nitrogen and oxygen atoms in total. The summed E-state index contributed by atoms with van der Waals surface area (Å²) < 4.78 is 5.28. The Bertz CT molecular complexity index is 866. The van der Waals surface area contributed by atoms with Crippen molar-refractivity contribution in [2.45, 2.75) is 41.0 Å². The van der Waals surface area contributed by atoms with E-state index in [4.69, 9.17) is 16.3 Å². The van der Waals surface area contributed by atoms with Crippen LogP contribution < -0.4 is 10.1 Å². The molecule has 0 fully saturated rings. The van der Waals surface area contributed by atoms with Gasteiger partial charge in [-0.05, 0) is 25.1 Å². The molecule has 0 spiro atoms. The number of methoxy groups -OCH3 is 1. The number of ether oxygens (including phenoxy) is 1. The first kappa shape index (κ1) is 22.7. The van der Waals surface area contributed by atoms with Crippen LogP contribution in [0.5, 0.6) is 5.75 Å². The molecule has 2 aromatic heterocycles. The van der Waals surface area contributed by atoms with Crippen molar-refractivity contribution in [1.29, 1.82) is 0 Å². The Morgan fingerprint density at radius 3 is 2.41 bits per heavy atom. The fourth-order valence-corrected chi connectivity index (χ4v) is 2.75. The molecule has 0 aliphatic carbocycles. The molecule has 0 aliphatic rings. The fourth-order valence-electron chi connectivity index (χ4n) is 2.45. The molecule has 0 saturated heterocycles. The van der Waals surface area contributed by atoms with Crippen LogP contribution in [-0.2, 0) is 0 Å². The number of rotatable bonds is 3. The number of aryl methyl sites for hydroxylation is 1. The lowest BCUT2D eigenvalue weighted by Gasteiger charge is -2.12. The predicted molar refractivity (Wildman–Crippen MR) is 118 cm³/mol. The first-order valence-electron chi connectivity index (χ1n) is 9.33. The highest BCUT2D eigenvalue weighted by Crippen LogP contribution is 2.36. The average molecular weight is 388 g/mol. The van der Waals surface area contributed by atoms with Crippen LogP contribution in [0.4, 0.5) is 5.82 Å². The zero-order valence-corrected chi connectivity index (χ0v) is 18.1. The summed E-state index contributed by atoms with van der Waals surface area (Å²) in [5, 5.41) is 5.75. The van der Waals surface area contributed by atoms with Gasteiger partial charge in [-0.25, -0.2) is 4.98 Å². The minimum absolute atomic E-state index is 0.555. The van der Waals surface area contributed by atoms with Gasteiger partial charge >= 0.3 is 0 Å². The number of anilines is 1. The van der Waals surface area contributed by atoms with E-state index in [0.717, 1.165) is 33.5 Å². The van der Waals surface area contributed by atoms with Crippen molar-refractivity contribution < 1.29 is 4.74 Å². The van der Waals surface area contributed by atoms with Crippen molar-refractivity contribution >= 4 is 28.2 Å². The van der Waals surface area contributed by atoms with Crippen LogP contribution in [0.15, 0.2) is 36.5 Å². The number of aromatic nitrogens is 2. The van der Waals surface area contributed by atoms with Crippen LogP contribution in [0.25, 0.3) is 22.0 Å². The van der Waals surface area contributed by atoms with Gasteiger partial charge in [0.2, 0.25) is 0 Å². The molecular weight excluding hydrogens is 358 g/mol. The van der Waals surface area contributed by atoms with Crippen LogP contribution in [-0.4, -0.2) is 24.1 Å². The summed E-state index contributed by atoms with van der Waals surface area (Å²) in [7, 11) is 3.46. The Morgan fingerprint density at radius 1 is 1.15 bits per heavy atom. The number of pyridine rings is 2. The minimum atomic E-state index is 0.555. The van der Waals surface area contributed by atoms with Crippen LogP contribution in [0, 0.1) is 6.92 Å². The number of hydrogen-bond donors (Lipinski definition) is 1. The van der Waals surface area contributed by atoms with E-state index in [9.17, 15) is 0 Å². The van der Waals surface area contributed by atoms with Gasteiger partial charge in [0, 0.05) is 35.3 Å². The number of benzene rings is 1. The van der Waals surface area contributed by atoms with Crippen molar-refractivity contribution in [1.82, 2.24) is 9.97 Å². The van der Waals surface area contributed by atoms with Gasteiger partial charge in [0.05, 0.1) is 17.8 Å². The maximum atomic E-state index is 6.41. The maximum absolute atomic E-state index is 6.41. The van der Waals surface area contributed by atoms with E-state index in [1.165, 1.54) is 6.42 Å². The summed E-state index contributed by atoms with van der Waals surface area (Å²) >= 11 is 6.41. The molecule has 0 atom stereocenters. The van der Waals surface area contributed by atoms with Crippen LogP contribution >= 0.6 is 11.6 Å². The summed E-state index contributed by atoms with van der Waals surface area (Å²) in [6, 6.07) is 9.67. The number of nitrogens with zero attached hydrogens (tertiary/aromatic N) is 2. The van der Waals surface area contributed by atoms with Crippen molar-refractivity contribution in [3.63, 3.8) is 0 Å². The van der Waals surface area contributed by atoms with E-state index in [1.807, 2.05) is 64.3 Å². The summed E-state index contributed by atoms with van der Waals surface area (Å²) in [5.41, 5.74) is 2.57. The Hall–Kier alpha value is -2.33. The monoisotopic (exact) mass is 387 g/mol. The highest BCUT2D eigenvalue weighted by Gasteiger charge is 2.13. The Morgan fingerprint density at radius 2 is 1.81 bits per heavy atom. The predicted octanol–water partition coefficient (Wildman–Crippen LogP) is 6.75. The molecule has 146 valence electrons. The van der Waals surface area contributed by atoms with E-state index in [0.29, 0.717) is 10.8 Å². The molecule has 0 radical (unpaired) electrons. The molecule has 5 heteroatoms. The summed E-state index contributed by atoms with van der Waals surface area (Å²) in [4.78, 5) is 9.05. The first-order chi connectivity index (χ1) is 13.0. The molecule has 3 aromatic rings. The van der Waals surface area contributed by atoms with Crippen LogP contribution in [0.2, 0.25) is 5.02 Å². The van der Waals surface area contributed by atoms with Gasteiger partial charge in [0.25, 0.3) is 0 Å². The lowest BCUT2D eigenvalue weighted by atomic mass is 10.1. The average Bonchev–Trinajstić information content (AvgIpc) is 2.69. The molecule has 0 unspecified atom stereocenters. The third-order valence-electron chi connectivity index (χ3n) is 3.55. The Kier molecular flexibility index (Phi) is 9.59. The second kappa shape index (κ2) is 11.4. The van der Waals surface area contributed by atoms with Gasteiger partial charge in [-0.15, -0.1) is 0 Å². The first-order valence-corrected chi connectivity index (χ1v) is 9.71. The quantitative estimate of drug-likeness (QED) is 0.539. The standard InChI is InChI=1S/C17H16ClN3O.C3H8.C2H6/c1-10-7-13-11(9-20-10)8-14(21-17(13)19-2)12-5-4-6-15(22-3)16(12)18;1-3-2;1-2/h4-9H,1-3H3,(H,19,21);3H2,1-2H3;1-2H3. The smallest absolute Gasteiger partial charge is 0.138 e. The Labute approximate surface area is 168 Å². The normalized spacial score (nSPS) is 9.63. The van der Waals surface area contributed by atoms with Crippen molar-refractivity contribution in [2.75, 3.05) is 19.5 Å². The largest absolute Gasteiger partial charge is 0.495 e. The molecule has 3 rings (SSSR count). The number of nitrogens with one attached hydrogen (secondary N) is 1. The van der Waals surface area contributed by atoms with Crippen molar-refractivity contribution in [2.24, 2.45) is 0 Å². The fraction of sp³-hybridized carbons (Fsp3) is 0.364. The van der Waals surface area contributed by atoms with Crippen molar-refractivity contribution in [3.05, 3.63) is 47.2 Å². The lowest BCUT2D eigenvalue weighted by molar-refractivity contribution is 0.415. The number of halogens is 1. The van der Waals surface area contributed by atoms with E-state index in [2.05, 4.69) is 29.1 Å². The van der Waals surface area contributed by atoms with E-state index < -0.39 is 0 Å². The second-order valence-corrected chi connectivity index (χ2v) is 6.06. The number of fused-ring (bicyclic) bond motifs is 1. The van der Waals surface area contributed by atoms with Crippen molar-refractivity contribution in [3.8, 4) is 17.0 Å². The highest BCUT2D eigenvalue weighted by molar-refractivity contribution is 6.34. The number of hydrogen-bond acceptors (Lipinski definition) is 4. The third-order valence-corrected chi connectivity index (χ3v) is 3.94. The third kappa shape index (κ3) is 5.57. The highest BCUT2D eigenvalue weighted by atomic mass is 35.5. The molecule has 0 bridgehead atoms. The molecule has 0 amide bonds. The summed E-state index contributed by atoms with van der Waals surface area (Å²) in [6.45, 7) is 10.2.